The molecular formula is C11H22N2O2. The second-order valence-electron chi connectivity index (χ2n) is 4.32. The molecule has 0 rings (SSSR count). The van der Waals surface area contributed by atoms with Crippen LogP contribution in [0, 0.1) is 0 Å². The third-order valence-electron chi connectivity index (χ3n) is 1.56. The molecule has 0 bridgehead atoms. The lowest BCUT2D eigenvalue weighted by Crippen LogP contribution is -2.41. The lowest BCUT2D eigenvalue weighted by Gasteiger charge is -2.21. The zero-order chi connectivity index (χ0) is 11.9. The lowest BCUT2D eigenvalue weighted by molar-refractivity contribution is 0.0516. The van der Waals surface area contributed by atoms with Gasteiger partial charge < -0.3 is 15.8 Å². The van der Waals surface area contributed by atoms with Crippen molar-refractivity contribution in [3.05, 3.63) is 12.2 Å². The Hall–Kier alpha value is -1.03. The Bertz CT molecular complexity index is 219. The molecule has 4 nitrogen and oxygen atoms in total. The first-order valence-electron chi connectivity index (χ1n) is 5.25. The van der Waals surface area contributed by atoms with Crippen LogP contribution in [-0.2, 0) is 4.74 Å². The summed E-state index contributed by atoms with van der Waals surface area (Å²) in [6.45, 7) is 7.87. The average Bonchev–Trinajstić information content (AvgIpc) is 2.09. The Kier molecular flexibility index (Phi) is 6.01. The highest BCUT2D eigenvalue weighted by Crippen LogP contribution is 2.06. The first-order chi connectivity index (χ1) is 6.89. The van der Waals surface area contributed by atoms with E-state index < -0.39 is 11.7 Å². The summed E-state index contributed by atoms with van der Waals surface area (Å²) in [7, 11) is 0. The van der Waals surface area contributed by atoms with E-state index in [0.717, 1.165) is 6.42 Å². The van der Waals surface area contributed by atoms with E-state index in [0.29, 0.717) is 6.54 Å². The molecule has 0 aliphatic rings. The fraction of sp³-hybridized carbons (Fsp3) is 0.727. The van der Waals surface area contributed by atoms with Crippen molar-refractivity contribution in [1.29, 1.82) is 0 Å². The minimum absolute atomic E-state index is 0.153. The smallest absolute Gasteiger partial charge is 0.408 e. The third kappa shape index (κ3) is 8.00. The van der Waals surface area contributed by atoms with E-state index in [-0.39, 0.29) is 6.04 Å². The Morgan fingerprint density at radius 2 is 2.13 bits per heavy atom. The Labute approximate surface area is 91.9 Å². The molecule has 0 aromatic rings. The summed E-state index contributed by atoms with van der Waals surface area (Å²) in [6, 6.07) is -0.153. The Morgan fingerprint density at radius 1 is 1.53 bits per heavy atom. The topological polar surface area (TPSA) is 64.3 Å². The van der Waals surface area contributed by atoms with Gasteiger partial charge in [-0.1, -0.05) is 19.1 Å². The summed E-state index contributed by atoms with van der Waals surface area (Å²) in [5.74, 6) is 0. The van der Waals surface area contributed by atoms with E-state index in [1.807, 2.05) is 39.8 Å². The van der Waals surface area contributed by atoms with Crippen molar-refractivity contribution in [3.63, 3.8) is 0 Å². The number of nitrogens with two attached hydrogens (primary N) is 1. The van der Waals surface area contributed by atoms with Crippen LogP contribution in [0.1, 0.15) is 34.1 Å². The van der Waals surface area contributed by atoms with Gasteiger partial charge in [0.25, 0.3) is 0 Å². The van der Waals surface area contributed by atoms with E-state index in [2.05, 4.69) is 5.32 Å². The Morgan fingerprint density at radius 3 is 2.53 bits per heavy atom. The summed E-state index contributed by atoms with van der Waals surface area (Å²) in [5.41, 5.74) is 5.03. The number of hydrogen-bond acceptors (Lipinski definition) is 3. The molecule has 1 atom stereocenters. The molecule has 0 aromatic heterocycles. The van der Waals surface area contributed by atoms with Crippen LogP contribution in [0.3, 0.4) is 0 Å². The second kappa shape index (κ2) is 6.45. The molecule has 15 heavy (non-hydrogen) atoms. The Balaban J connectivity index is 4.07. The predicted octanol–water partition coefficient (Wildman–Crippen LogP) is 1.80. The zero-order valence-electron chi connectivity index (χ0n) is 10.0. The van der Waals surface area contributed by atoms with Gasteiger partial charge >= 0.3 is 6.09 Å². The number of amides is 1. The minimum Gasteiger partial charge on any atom is -0.444 e. The van der Waals surface area contributed by atoms with E-state index >= 15 is 0 Å². The van der Waals surface area contributed by atoms with E-state index in [1.165, 1.54) is 0 Å². The zero-order valence-corrected chi connectivity index (χ0v) is 10.0. The molecule has 0 radical (unpaired) electrons. The number of carbonyl (C=O) groups excluding carboxylic acids is 1. The van der Waals surface area contributed by atoms with Crippen LogP contribution >= 0.6 is 0 Å². The molecule has 0 fully saturated rings. The van der Waals surface area contributed by atoms with E-state index in [9.17, 15) is 4.79 Å². The lowest BCUT2D eigenvalue weighted by atomic mass is 10.2. The van der Waals surface area contributed by atoms with Crippen molar-refractivity contribution in [2.75, 3.05) is 6.54 Å². The maximum absolute atomic E-state index is 11.4. The first-order valence-corrected chi connectivity index (χ1v) is 5.25. The van der Waals surface area contributed by atoms with Crippen molar-refractivity contribution in [2.24, 2.45) is 5.73 Å². The van der Waals surface area contributed by atoms with Crippen LogP contribution in [0.15, 0.2) is 12.2 Å². The summed E-state index contributed by atoms with van der Waals surface area (Å²) in [4.78, 5) is 11.4. The van der Waals surface area contributed by atoms with Crippen molar-refractivity contribution in [3.8, 4) is 0 Å². The van der Waals surface area contributed by atoms with Gasteiger partial charge in [0.1, 0.15) is 5.60 Å². The normalized spacial score (nSPS) is 13.9. The highest BCUT2D eigenvalue weighted by Gasteiger charge is 2.17. The van der Waals surface area contributed by atoms with Crippen molar-refractivity contribution < 1.29 is 9.53 Å². The number of carbonyl (C=O) groups is 1. The first kappa shape index (κ1) is 14.0. The maximum atomic E-state index is 11.4. The summed E-state index contributed by atoms with van der Waals surface area (Å²) >= 11 is 0. The highest BCUT2D eigenvalue weighted by molar-refractivity contribution is 5.68. The number of hydrogen-bond donors (Lipinski definition) is 2. The van der Waals surface area contributed by atoms with Gasteiger partial charge in [-0.15, -0.1) is 0 Å². The second-order valence-corrected chi connectivity index (χ2v) is 4.32. The van der Waals surface area contributed by atoms with Gasteiger partial charge in [0, 0.05) is 6.54 Å². The molecule has 0 saturated carbocycles. The van der Waals surface area contributed by atoms with Gasteiger partial charge in [0.05, 0.1) is 6.04 Å². The molecule has 0 aliphatic heterocycles. The quantitative estimate of drug-likeness (QED) is 0.701. The standard InChI is InChI=1S/C11H22N2O2/c1-5-6-7-9(8-12)13-10(14)15-11(2,3)4/h6-7,9H,5,8,12H2,1-4H3,(H,13,14)/b7-6+. The number of ether oxygens (including phenoxy) is 1. The molecule has 0 aliphatic carbocycles. The van der Waals surface area contributed by atoms with Crippen LogP contribution in [0.2, 0.25) is 0 Å². The molecule has 0 heterocycles. The van der Waals surface area contributed by atoms with Gasteiger partial charge in [-0.25, -0.2) is 4.79 Å². The molecule has 0 saturated heterocycles. The van der Waals surface area contributed by atoms with E-state index in [1.54, 1.807) is 0 Å². The van der Waals surface area contributed by atoms with Gasteiger partial charge in [-0.3, -0.25) is 0 Å². The van der Waals surface area contributed by atoms with Crippen molar-refractivity contribution >= 4 is 6.09 Å². The SMILES string of the molecule is CC/C=C/C(CN)NC(=O)OC(C)(C)C. The van der Waals surface area contributed by atoms with Crippen LogP contribution < -0.4 is 11.1 Å². The van der Waals surface area contributed by atoms with Crippen LogP contribution in [0.4, 0.5) is 4.79 Å². The number of allylic oxidation sites excluding steroid dienone is 1. The van der Waals surface area contributed by atoms with Gasteiger partial charge in [0.15, 0.2) is 0 Å². The van der Waals surface area contributed by atoms with Crippen molar-refractivity contribution in [2.45, 2.75) is 45.8 Å². The van der Waals surface area contributed by atoms with Gasteiger partial charge in [-0.2, -0.15) is 0 Å². The molecular weight excluding hydrogens is 192 g/mol. The van der Waals surface area contributed by atoms with Gasteiger partial charge in [-0.05, 0) is 27.2 Å². The molecule has 0 spiro atoms. The summed E-state index contributed by atoms with van der Waals surface area (Å²) in [6.07, 6.45) is 4.34. The molecule has 3 N–H and O–H groups in total. The highest BCUT2D eigenvalue weighted by atomic mass is 16.6. The van der Waals surface area contributed by atoms with Crippen LogP contribution in [-0.4, -0.2) is 24.3 Å². The maximum Gasteiger partial charge on any atom is 0.408 e. The molecule has 1 unspecified atom stereocenters. The monoisotopic (exact) mass is 214 g/mol. The minimum atomic E-state index is -0.475. The molecule has 88 valence electrons. The molecule has 1 amide bonds. The fourth-order valence-corrected chi connectivity index (χ4v) is 0.945. The van der Waals surface area contributed by atoms with Gasteiger partial charge in [0.2, 0.25) is 0 Å². The van der Waals surface area contributed by atoms with Crippen LogP contribution in [0.25, 0.3) is 0 Å². The fourth-order valence-electron chi connectivity index (χ4n) is 0.945. The third-order valence-corrected chi connectivity index (χ3v) is 1.56. The van der Waals surface area contributed by atoms with E-state index in [4.69, 9.17) is 10.5 Å². The predicted molar refractivity (Wildman–Crippen MR) is 61.6 cm³/mol. The van der Waals surface area contributed by atoms with Crippen LogP contribution in [0.5, 0.6) is 0 Å². The molecule has 4 heteroatoms. The molecule has 0 aromatic carbocycles. The summed E-state index contributed by atoms with van der Waals surface area (Å²) < 4.78 is 5.11. The number of alkyl carbamates (subject to hydrolysis) is 1. The van der Waals surface area contributed by atoms with Crippen molar-refractivity contribution in [1.82, 2.24) is 5.32 Å². The number of rotatable bonds is 4. The summed E-state index contributed by atoms with van der Waals surface area (Å²) in [5, 5.41) is 2.69. The average molecular weight is 214 g/mol. The largest absolute Gasteiger partial charge is 0.444 e. The number of nitrogens with one attached hydrogen (secondary N) is 1.